The van der Waals surface area contributed by atoms with E-state index in [0.717, 1.165) is 48.4 Å². The molecule has 1 rings (SSSR count). The van der Waals surface area contributed by atoms with E-state index in [1.54, 1.807) is 7.11 Å². The monoisotopic (exact) mass is 344 g/mol. The Balaban J connectivity index is 2.62. The zero-order chi connectivity index (χ0) is 14.8. The quantitative estimate of drug-likeness (QED) is 0.640. The number of methoxy groups -OCH3 is 1. The summed E-state index contributed by atoms with van der Waals surface area (Å²) in [6.07, 6.45) is 2.09. The highest BCUT2D eigenvalue weighted by Crippen LogP contribution is 2.36. The molecule has 0 aromatic heterocycles. The molecule has 0 bridgehead atoms. The molecule has 1 aromatic carbocycles. The van der Waals surface area contributed by atoms with E-state index in [1.807, 2.05) is 13.1 Å². The molecule has 0 atom stereocenters. The summed E-state index contributed by atoms with van der Waals surface area (Å²) in [6, 6.07) is 4.11. The van der Waals surface area contributed by atoms with Gasteiger partial charge in [0.2, 0.25) is 0 Å². The molecule has 20 heavy (non-hydrogen) atoms. The molecule has 114 valence electrons. The lowest BCUT2D eigenvalue weighted by molar-refractivity contribution is 0.292. The van der Waals surface area contributed by atoms with Crippen LogP contribution in [0.1, 0.15) is 25.3 Å². The van der Waals surface area contributed by atoms with Gasteiger partial charge in [0.25, 0.3) is 0 Å². The number of rotatable bonds is 10. The fraction of sp³-hybridized carbons (Fsp3) is 0.600. The normalized spacial score (nSPS) is 10.6. The molecular formula is C15H25BrN2O2. The van der Waals surface area contributed by atoms with Crippen LogP contribution in [0.25, 0.3) is 0 Å². The summed E-state index contributed by atoms with van der Waals surface area (Å²) in [4.78, 5) is 0. The fourth-order valence-electron chi connectivity index (χ4n) is 1.84. The van der Waals surface area contributed by atoms with Gasteiger partial charge in [-0.2, -0.15) is 0 Å². The third-order valence-corrected chi connectivity index (χ3v) is 3.44. The molecule has 1 aromatic rings. The molecular weight excluding hydrogens is 320 g/mol. The first-order valence-electron chi connectivity index (χ1n) is 7.07. The molecule has 0 radical (unpaired) electrons. The van der Waals surface area contributed by atoms with Gasteiger partial charge in [-0.3, -0.25) is 0 Å². The Kier molecular flexibility index (Phi) is 8.65. The summed E-state index contributed by atoms with van der Waals surface area (Å²) in [7, 11) is 3.64. The molecule has 0 aliphatic carbocycles. The molecule has 4 nitrogen and oxygen atoms in total. The van der Waals surface area contributed by atoms with Gasteiger partial charge in [0, 0.05) is 6.54 Å². The number of benzene rings is 1. The second kappa shape index (κ2) is 10.0. The van der Waals surface area contributed by atoms with Crippen LogP contribution in [0.3, 0.4) is 0 Å². The molecule has 0 aliphatic heterocycles. The Labute approximate surface area is 130 Å². The number of nitrogens with one attached hydrogen (secondary N) is 2. The van der Waals surface area contributed by atoms with E-state index in [4.69, 9.17) is 9.47 Å². The summed E-state index contributed by atoms with van der Waals surface area (Å²) in [6.45, 7) is 5.63. The van der Waals surface area contributed by atoms with Gasteiger partial charge in [-0.25, -0.2) is 0 Å². The summed E-state index contributed by atoms with van der Waals surface area (Å²) >= 11 is 3.56. The number of hydrogen-bond acceptors (Lipinski definition) is 4. The fourth-order valence-corrected chi connectivity index (χ4v) is 2.45. The van der Waals surface area contributed by atoms with Crippen molar-refractivity contribution in [2.75, 3.05) is 33.9 Å². The highest BCUT2D eigenvalue weighted by Gasteiger charge is 2.11. The zero-order valence-electron chi connectivity index (χ0n) is 12.6. The summed E-state index contributed by atoms with van der Waals surface area (Å²) in [5, 5.41) is 6.56. The topological polar surface area (TPSA) is 42.5 Å². The minimum absolute atomic E-state index is 0.691. The Morgan fingerprint density at radius 3 is 2.70 bits per heavy atom. The van der Waals surface area contributed by atoms with Crippen LogP contribution in [0.5, 0.6) is 11.5 Å². The van der Waals surface area contributed by atoms with Crippen molar-refractivity contribution in [1.82, 2.24) is 10.6 Å². The highest BCUT2D eigenvalue weighted by atomic mass is 79.9. The smallest absolute Gasteiger partial charge is 0.175 e. The van der Waals surface area contributed by atoms with Crippen molar-refractivity contribution in [2.24, 2.45) is 0 Å². The number of hydrogen-bond donors (Lipinski definition) is 2. The Hall–Kier alpha value is -0.780. The standard InChI is InChI=1S/C15H25BrN2O2/c1-4-8-20-15-13(16)9-12(10-14(15)19-3)11-18-7-5-6-17-2/h9-10,17-18H,4-8,11H2,1-3H3. The van der Waals surface area contributed by atoms with Crippen LogP contribution >= 0.6 is 15.9 Å². The van der Waals surface area contributed by atoms with E-state index in [-0.39, 0.29) is 0 Å². The summed E-state index contributed by atoms with van der Waals surface area (Å²) < 4.78 is 12.1. The van der Waals surface area contributed by atoms with Crippen LogP contribution < -0.4 is 20.1 Å². The first-order valence-corrected chi connectivity index (χ1v) is 7.86. The average molecular weight is 345 g/mol. The lowest BCUT2D eigenvalue weighted by Gasteiger charge is -2.14. The first kappa shape index (κ1) is 17.3. The SMILES string of the molecule is CCCOc1c(Br)cc(CNCCCNC)cc1OC. The molecule has 0 saturated carbocycles. The van der Waals surface area contributed by atoms with Gasteiger partial charge in [0.1, 0.15) is 0 Å². The second-order valence-electron chi connectivity index (χ2n) is 4.59. The first-order chi connectivity index (χ1) is 9.72. The molecule has 0 heterocycles. The van der Waals surface area contributed by atoms with Crippen molar-refractivity contribution in [3.63, 3.8) is 0 Å². The number of ether oxygens (including phenoxy) is 2. The molecule has 0 amide bonds. The van der Waals surface area contributed by atoms with Gasteiger partial charge in [0.05, 0.1) is 18.2 Å². The molecule has 5 heteroatoms. The Morgan fingerprint density at radius 2 is 2.05 bits per heavy atom. The predicted octanol–water partition coefficient (Wildman–Crippen LogP) is 2.95. The maximum atomic E-state index is 5.72. The van der Waals surface area contributed by atoms with Gasteiger partial charge in [-0.1, -0.05) is 6.92 Å². The predicted molar refractivity (Wildman–Crippen MR) is 86.7 cm³/mol. The van der Waals surface area contributed by atoms with E-state index in [1.165, 1.54) is 5.56 Å². The lowest BCUT2D eigenvalue weighted by Crippen LogP contribution is -2.19. The minimum atomic E-state index is 0.691. The Bertz CT molecular complexity index is 400. The third-order valence-electron chi connectivity index (χ3n) is 2.85. The van der Waals surface area contributed by atoms with E-state index < -0.39 is 0 Å². The lowest BCUT2D eigenvalue weighted by atomic mass is 10.2. The molecule has 0 fully saturated rings. The van der Waals surface area contributed by atoms with Crippen LogP contribution in [-0.4, -0.2) is 33.9 Å². The third kappa shape index (κ3) is 5.69. The highest BCUT2D eigenvalue weighted by molar-refractivity contribution is 9.10. The minimum Gasteiger partial charge on any atom is -0.493 e. The molecule has 0 aliphatic rings. The van der Waals surface area contributed by atoms with E-state index in [0.29, 0.717) is 6.61 Å². The van der Waals surface area contributed by atoms with Crippen molar-refractivity contribution in [1.29, 1.82) is 0 Å². The van der Waals surface area contributed by atoms with Crippen molar-refractivity contribution in [3.05, 3.63) is 22.2 Å². The summed E-state index contributed by atoms with van der Waals surface area (Å²) in [5.41, 5.74) is 1.18. The van der Waals surface area contributed by atoms with Crippen LogP contribution in [0.2, 0.25) is 0 Å². The zero-order valence-corrected chi connectivity index (χ0v) is 14.2. The number of halogens is 1. The second-order valence-corrected chi connectivity index (χ2v) is 5.45. The van der Waals surface area contributed by atoms with Crippen molar-refractivity contribution < 1.29 is 9.47 Å². The van der Waals surface area contributed by atoms with Crippen LogP contribution in [0.15, 0.2) is 16.6 Å². The van der Waals surface area contributed by atoms with Crippen molar-refractivity contribution in [3.8, 4) is 11.5 Å². The Morgan fingerprint density at radius 1 is 1.25 bits per heavy atom. The molecule has 0 unspecified atom stereocenters. The largest absolute Gasteiger partial charge is 0.493 e. The molecule has 0 saturated heterocycles. The van der Waals surface area contributed by atoms with E-state index >= 15 is 0 Å². The average Bonchev–Trinajstić information content (AvgIpc) is 2.45. The van der Waals surface area contributed by atoms with E-state index in [9.17, 15) is 0 Å². The van der Waals surface area contributed by atoms with Gasteiger partial charge in [-0.05, 0) is 66.6 Å². The van der Waals surface area contributed by atoms with Crippen molar-refractivity contribution in [2.45, 2.75) is 26.3 Å². The summed E-state index contributed by atoms with van der Waals surface area (Å²) in [5.74, 6) is 1.56. The van der Waals surface area contributed by atoms with Crippen molar-refractivity contribution >= 4 is 15.9 Å². The maximum Gasteiger partial charge on any atom is 0.175 e. The molecule has 2 N–H and O–H groups in total. The van der Waals surface area contributed by atoms with Crippen LogP contribution in [0.4, 0.5) is 0 Å². The molecule has 0 spiro atoms. The van der Waals surface area contributed by atoms with Gasteiger partial charge < -0.3 is 20.1 Å². The van der Waals surface area contributed by atoms with Crippen LogP contribution in [-0.2, 0) is 6.54 Å². The van der Waals surface area contributed by atoms with Crippen LogP contribution in [0, 0.1) is 0 Å². The van der Waals surface area contributed by atoms with Gasteiger partial charge in [-0.15, -0.1) is 0 Å². The van der Waals surface area contributed by atoms with Gasteiger partial charge >= 0.3 is 0 Å². The van der Waals surface area contributed by atoms with E-state index in [2.05, 4.69) is 39.6 Å². The van der Waals surface area contributed by atoms with Gasteiger partial charge in [0.15, 0.2) is 11.5 Å². The maximum absolute atomic E-state index is 5.72.